The summed E-state index contributed by atoms with van der Waals surface area (Å²) in [5.74, 6) is 2.27. The number of aromatic nitrogens is 4. The predicted octanol–water partition coefficient (Wildman–Crippen LogP) is 12.8. The molecular formula is C48H26N4O3. The molecule has 0 aliphatic rings. The standard InChI is InChI=1S/C48H26N4O3/c1-2-9-29(10-3-1)45-50-46(52-47(51-45)32-18-20-35-34-12-6-7-13-38(34)53-41(35)26-32)31-16-15-28-19-22-39-42(36(28)25-31)43-40(54-39)23-21-37-44(43)55-48(49-37)33-17-14-27-8-4-5-11-30(27)24-33/h1-26H. The zero-order valence-corrected chi connectivity index (χ0v) is 29.0. The Bertz CT molecular complexity index is 3510. The van der Waals surface area contributed by atoms with Gasteiger partial charge in [0.1, 0.15) is 27.8 Å². The summed E-state index contributed by atoms with van der Waals surface area (Å²) in [6.45, 7) is 0. The molecule has 0 atom stereocenters. The Labute approximate surface area is 312 Å². The summed E-state index contributed by atoms with van der Waals surface area (Å²) in [7, 11) is 0. The van der Waals surface area contributed by atoms with E-state index in [0.717, 1.165) is 87.8 Å². The van der Waals surface area contributed by atoms with Crippen LogP contribution in [0.1, 0.15) is 0 Å². The van der Waals surface area contributed by atoms with Crippen molar-refractivity contribution in [2.45, 2.75) is 0 Å². The zero-order valence-electron chi connectivity index (χ0n) is 29.0. The van der Waals surface area contributed by atoms with E-state index in [-0.39, 0.29) is 0 Å². The minimum absolute atomic E-state index is 0.558. The Morgan fingerprint density at radius 2 is 0.964 bits per heavy atom. The van der Waals surface area contributed by atoms with E-state index in [1.54, 1.807) is 0 Å². The van der Waals surface area contributed by atoms with Crippen molar-refractivity contribution in [3.63, 3.8) is 0 Å². The third kappa shape index (κ3) is 4.70. The van der Waals surface area contributed by atoms with E-state index in [1.165, 1.54) is 5.39 Å². The molecule has 0 bridgehead atoms. The van der Waals surface area contributed by atoms with Crippen LogP contribution in [0.4, 0.5) is 0 Å². The lowest BCUT2D eigenvalue weighted by molar-refractivity contribution is 0.622. The number of rotatable bonds is 4. The molecular weight excluding hydrogens is 681 g/mol. The molecule has 7 heteroatoms. The van der Waals surface area contributed by atoms with Crippen molar-refractivity contribution >= 4 is 76.5 Å². The first-order valence-electron chi connectivity index (χ1n) is 18.1. The van der Waals surface area contributed by atoms with E-state index in [4.69, 9.17) is 33.2 Å². The normalized spacial score (nSPS) is 12.0. The van der Waals surface area contributed by atoms with E-state index in [2.05, 4.69) is 72.8 Å². The van der Waals surface area contributed by atoms with E-state index in [0.29, 0.717) is 28.9 Å². The summed E-state index contributed by atoms with van der Waals surface area (Å²) in [6.07, 6.45) is 0. The van der Waals surface area contributed by atoms with E-state index < -0.39 is 0 Å². The van der Waals surface area contributed by atoms with Gasteiger partial charge in [-0.2, -0.15) is 0 Å². The van der Waals surface area contributed by atoms with Crippen LogP contribution in [0.25, 0.3) is 122 Å². The third-order valence-electron chi connectivity index (χ3n) is 10.5. The second-order valence-electron chi connectivity index (χ2n) is 13.8. The average molecular weight is 707 g/mol. The van der Waals surface area contributed by atoms with Gasteiger partial charge in [-0.15, -0.1) is 0 Å². The molecule has 12 rings (SSSR count). The monoisotopic (exact) mass is 706 g/mol. The van der Waals surface area contributed by atoms with Crippen LogP contribution < -0.4 is 0 Å². The van der Waals surface area contributed by atoms with E-state index in [9.17, 15) is 0 Å². The smallest absolute Gasteiger partial charge is 0.227 e. The first-order chi connectivity index (χ1) is 27.2. The molecule has 0 radical (unpaired) electrons. The molecule has 0 saturated carbocycles. The van der Waals surface area contributed by atoms with Crippen LogP contribution in [0.3, 0.4) is 0 Å². The molecule has 0 amide bonds. The molecule has 8 aromatic carbocycles. The van der Waals surface area contributed by atoms with Crippen LogP contribution in [-0.4, -0.2) is 19.9 Å². The number of para-hydroxylation sites is 1. The highest BCUT2D eigenvalue weighted by atomic mass is 16.4. The van der Waals surface area contributed by atoms with Gasteiger partial charge < -0.3 is 13.3 Å². The molecule has 0 unspecified atom stereocenters. The number of hydrogen-bond donors (Lipinski definition) is 0. The Morgan fingerprint density at radius 3 is 1.85 bits per heavy atom. The van der Waals surface area contributed by atoms with Gasteiger partial charge in [-0.3, -0.25) is 0 Å². The largest absolute Gasteiger partial charge is 0.456 e. The van der Waals surface area contributed by atoms with Crippen LogP contribution in [0.2, 0.25) is 0 Å². The Hall–Kier alpha value is -7.64. The second kappa shape index (κ2) is 11.4. The molecule has 7 nitrogen and oxygen atoms in total. The highest BCUT2D eigenvalue weighted by Gasteiger charge is 2.20. The van der Waals surface area contributed by atoms with Gasteiger partial charge in [0.2, 0.25) is 5.89 Å². The highest BCUT2D eigenvalue weighted by molar-refractivity contribution is 6.25. The van der Waals surface area contributed by atoms with Gasteiger partial charge in [-0.05, 0) is 76.1 Å². The van der Waals surface area contributed by atoms with Gasteiger partial charge in [-0.1, -0.05) is 103 Å². The average Bonchev–Trinajstić information content (AvgIpc) is 3.96. The topological polar surface area (TPSA) is 91.0 Å². The fourth-order valence-corrected chi connectivity index (χ4v) is 7.86. The Kier molecular flexibility index (Phi) is 6.21. The highest BCUT2D eigenvalue weighted by Crippen LogP contribution is 2.41. The summed E-state index contributed by atoms with van der Waals surface area (Å²) < 4.78 is 19.3. The summed E-state index contributed by atoms with van der Waals surface area (Å²) in [5, 5.41) is 8.31. The van der Waals surface area contributed by atoms with Crippen molar-refractivity contribution in [2.75, 3.05) is 0 Å². The SMILES string of the molecule is c1ccc(-c2nc(-c3ccc4c(c3)oc3ccccc34)nc(-c3ccc4ccc5oc6ccc7nc(-c8ccc9ccccc9c8)oc7c6c5c4c3)n2)cc1. The number of oxazole rings is 1. The first kappa shape index (κ1) is 29.9. The second-order valence-corrected chi connectivity index (χ2v) is 13.8. The number of benzene rings is 8. The summed E-state index contributed by atoms with van der Waals surface area (Å²) in [5.41, 5.74) is 8.08. The lowest BCUT2D eigenvalue weighted by Gasteiger charge is -2.09. The van der Waals surface area contributed by atoms with Crippen LogP contribution in [0.15, 0.2) is 171 Å². The van der Waals surface area contributed by atoms with Gasteiger partial charge in [0.05, 0.1) is 5.39 Å². The fourth-order valence-electron chi connectivity index (χ4n) is 7.86. The van der Waals surface area contributed by atoms with E-state index in [1.807, 2.05) is 84.9 Å². The van der Waals surface area contributed by atoms with Gasteiger partial charge in [0, 0.05) is 38.4 Å². The minimum Gasteiger partial charge on any atom is -0.456 e. The summed E-state index contributed by atoms with van der Waals surface area (Å²) >= 11 is 0. The van der Waals surface area contributed by atoms with E-state index >= 15 is 0 Å². The van der Waals surface area contributed by atoms with Crippen molar-refractivity contribution in [1.29, 1.82) is 0 Å². The van der Waals surface area contributed by atoms with Gasteiger partial charge in [-0.25, -0.2) is 19.9 Å². The molecule has 0 aliphatic heterocycles. The molecule has 55 heavy (non-hydrogen) atoms. The van der Waals surface area contributed by atoms with Gasteiger partial charge in [0.25, 0.3) is 0 Å². The summed E-state index contributed by atoms with van der Waals surface area (Å²) in [6, 6.07) is 53.1. The lowest BCUT2D eigenvalue weighted by atomic mass is 10.0. The van der Waals surface area contributed by atoms with Crippen molar-refractivity contribution in [2.24, 2.45) is 0 Å². The Balaban J connectivity index is 1.05. The van der Waals surface area contributed by atoms with Gasteiger partial charge in [0.15, 0.2) is 23.1 Å². The molecule has 0 spiro atoms. The lowest BCUT2D eigenvalue weighted by Crippen LogP contribution is -2.00. The maximum atomic E-state index is 6.61. The van der Waals surface area contributed by atoms with Crippen LogP contribution in [0.5, 0.6) is 0 Å². The maximum Gasteiger partial charge on any atom is 0.227 e. The number of furan rings is 2. The molecule has 0 N–H and O–H groups in total. The maximum absolute atomic E-state index is 6.61. The first-order valence-corrected chi connectivity index (χ1v) is 18.1. The number of hydrogen-bond acceptors (Lipinski definition) is 7. The van der Waals surface area contributed by atoms with Crippen LogP contribution >= 0.6 is 0 Å². The molecule has 4 aromatic heterocycles. The molecule has 0 saturated heterocycles. The minimum atomic E-state index is 0.558. The van der Waals surface area contributed by atoms with Crippen molar-refractivity contribution < 1.29 is 13.3 Å². The number of nitrogens with zero attached hydrogens (tertiary/aromatic N) is 4. The molecule has 0 aliphatic carbocycles. The molecule has 0 fully saturated rings. The van der Waals surface area contributed by atoms with Crippen molar-refractivity contribution in [1.82, 2.24) is 19.9 Å². The zero-order chi connectivity index (χ0) is 36.0. The van der Waals surface area contributed by atoms with Crippen LogP contribution in [-0.2, 0) is 0 Å². The molecule has 256 valence electrons. The predicted molar refractivity (Wildman–Crippen MR) is 219 cm³/mol. The van der Waals surface area contributed by atoms with Crippen molar-refractivity contribution in [3.8, 4) is 45.6 Å². The molecule has 4 heterocycles. The summed E-state index contributed by atoms with van der Waals surface area (Å²) in [4.78, 5) is 20.1. The van der Waals surface area contributed by atoms with Gasteiger partial charge >= 0.3 is 0 Å². The van der Waals surface area contributed by atoms with Crippen molar-refractivity contribution in [3.05, 3.63) is 158 Å². The molecule has 12 aromatic rings. The third-order valence-corrected chi connectivity index (χ3v) is 10.5. The fraction of sp³-hybridized carbons (Fsp3) is 0. The quantitative estimate of drug-likeness (QED) is 0.180. The van der Waals surface area contributed by atoms with Crippen LogP contribution in [0, 0.1) is 0 Å². The Morgan fingerprint density at radius 1 is 0.327 bits per heavy atom. The number of fused-ring (bicyclic) bond motifs is 11.